The number of carbonyl (C=O) groups is 3. The second kappa shape index (κ2) is 13.2. The lowest BCUT2D eigenvalue weighted by atomic mass is 9.91. The monoisotopic (exact) mass is 647 g/mol. The summed E-state index contributed by atoms with van der Waals surface area (Å²) in [6.07, 6.45) is -11.0. The number of halogens is 7. The van der Waals surface area contributed by atoms with Gasteiger partial charge in [0.25, 0.3) is 11.5 Å². The van der Waals surface area contributed by atoms with Crippen molar-refractivity contribution in [1.29, 1.82) is 0 Å². The maximum absolute atomic E-state index is 14.8. The molecule has 0 aliphatic carbocycles. The largest absolute Gasteiger partial charge is 0.430 e. The molecule has 1 atom stereocenters. The van der Waals surface area contributed by atoms with Gasteiger partial charge in [0, 0.05) is 63.4 Å². The van der Waals surface area contributed by atoms with E-state index in [1.165, 1.54) is 17.0 Å². The number of anilines is 1. The highest BCUT2D eigenvalue weighted by molar-refractivity contribution is 5.96. The average molecular weight is 648 g/mol. The Labute approximate surface area is 253 Å². The second-order valence-electron chi connectivity index (χ2n) is 11.0. The second-order valence-corrected chi connectivity index (χ2v) is 11.0. The van der Waals surface area contributed by atoms with Crippen molar-refractivity contribution in [2.24, 2.45) is 0 Å². The minimum atomic E-state index is -5.97. The Hall–Kier alpha value is -3.92. The van der Waals surface area contributed by atoms with Crippen LogP contribution in [0, 0.1) is 5.82 Å². The standard InChI is InChI=1S/C29H32F7N5O4/c1-2-9-41-17-21(15-24(41)42)37-26(44)38-23-8-5-19(14-22(23)30)25(43)40-12-10-39(11-13-40)16-18-3-6-20(7-4-18)27(45,28(31,32)33)29(34,35)36/h3-8,14,21,45H,2,9-13,15-17H2,1H3,(H2,37,38,44). The van der Waals surface area contributed by atoms with Gasteiger partial charge in [0.05, 0.1) is 11.7 Å². The fourth-order valence-electron chi connectivity index (χ4n) is 5.34. The third-order valence-corrected chi connectivity index (χ3v) is 7.77. The first-order chi connectivity index (χ1) is 21.0. The third kappa shape index (κ3) is 7.49. The SMILES string of the molecule is CCCN1CC(NC(=O)Nc2ccc(C(=O)N3CCN(Cc4ccc(C(O)(C(F)(F)F)C(F)(F)F)cc4)CC3)cc2F)CC1=O. The number of alkyl halides is 6. The van der Waals surface area contributed by atoms with Gasteiger partial charge in [-0.1, -0.05) is 31.2 Å². The molecule has 246 valence electrons. The molecule has 4 amide bonds. The van der Waals surface area contributed by atoms with E-state index in [-0.39, 0.29) is 43.2 Å². The van der Waals surface area contributed by atoms with Gasteiger partial charge in [-0.3, -0.25) is 14.5 Å². The molecule has 2 fully saturated rings. The molecule has 3 N–H and O–H groups in total. The van der Waals surface area contributed by atoms with Gasteiger partial charge in [-0.05, 0) is 30.2 Å². The Bertz CT molecular complexity index is 1380. The molecular weight excluding hydrogens is 615 g/mol. The van der Waals surface area contributed by atoms with Crippen LogP contribution in [0.15, 0.2) is 42.5 Å². The molecule has 2 aliphatic heterocycles. The molecule has 2 saturated heterocycles. The quantitative estimate of drug-likeness (QED) is 0.373. The molecule has 9 nitrogen and oxygen atoms in total. The molecule has 45 heavy (non-hydrogen) atoms. The van der Waals surface area contributed by atoms with Crippen LogP contribution >= 0.6 is 0 Å². The van der Waals surface area contributed by atoms with Gasteiger partial charge in [-0.15, -0.1) is 0 Å². The number of hydrogen-bond donors (Lipinski definition) is 3. The van der Waals surface area contributed by atoms with Crippen molar-refractivity contribution in [1.82, 2.24) is 20.0 Å². The number of likely N-dealkylation sites (tertiary alicyclic amines) is 1. The van der Waals surface area contributed by atoms with Crippen molar-refractivity contribution < 1.29 is 50.2 Å². The van der Waals surface area contributed by atoms with E-state index in [1.54, 1.807) is 4.90 Å². The Morgan fingerprint density at radius 2 is 1.58 bits per heavy atom. The number of hydrogen-bond acceptors (Lipinski definition) is 5. The van der Waals surface area contributed by atoms with Crippen molar-refractivity contribution in [3.8, 4) is 0 Å². The smallest absolute Gasteiger partial charge is 0.369 e. The van der Waals surface area contributed by atoms with Gasteiger partial charge < -0.3 is 25.5 Å². The van der Waals surface area contributed by atoms with Gasteiger partial charge in [-0.2, -0.15) is 26.3 Å². The molecule has 16 heteroatoms. The fraction of sp³-hybridized carbons (Fsp3) is 0.483. The number of nitrogens with one attached hydrogen (secondary N) is 2. The zero-order chi connectivity index (χ0) is 33.2. The summed E-state index contributed by atoms with van der Waals surface area (Å²) < 4.78 is 93.5. The van der Waals surface area contributed by atoms with Crippen LogP contribution < -0.4 is 10.6 Å². The molecule has 2 aromatic rings. The Morgan fingerprint density at radius 1 is 0.956 bits per heavy atom. The van der Waals surface area contributed by atoms with Crippen LogP contribution in [0.1, 0.15) is 41.3 Å². The lowest BCUT2D eigenvalue weighted by molar-refractivity contribution is -0.376. The number of carbonyl (C=O) groups excluding carboxylic acids is 3. The van der Waals surface area contributed by atoms with E-state index in [0.717, 1.165) is 24.6 Å². The number of urea groups is 1. The molecule has 0 saturated carbocycles. The van der Waals surface area contributed by atoms with Gasteiger partial charge in [-0.25, -0.2) is 9.18 Å². The molecule has 1 unspecified atom stereocenters. The van der Waals surface area contributed by atoms with Crippen LogP contribution in [0.25, 0.3) is 0 Å². The maximum atomic E-state index is 14.8. The Balaban J connectivity index is 1.29. The first kappa shape index (κ1) is 34.0. The predicted molar refractivity (Wildman–Crippen MR) is 147 cm³/mol. The van der Waals surface area contributed by atoms with Crippen LogP contribution in [-0.4, -0.2) is 95.3 Å². The first-order valence-corrected chi connectivity index (χ1v) is 14.1. The van der Waals surface area contributed by atoms with Crippen molar-refractivity contribution in [2.45, 2.75) is 50.3 Å². The van der Waals surface area contributed by atoms with Crippen LogP contribution in [-0.2, 0) is 16.9 Å². The Kier molecular flexibility index (Phi) is 9.97. The summed E-state index contributed by atoms with van der Waals surface area (Å²) in [5.74, 6) is -1.37. The first-order valence-electron chi connectivity index (χ1n) is 14.1. The summed E-state index contributed by atoms with van der Waals surface area (Å²) in [6, 6.07) is 5.83. The molecule has 0 radical (unpaired) electrons. The third-order valence-electron chi connectivity index (χ3n) is 7.77. The van der Waals surface area contributed by atoms with Crippen molar-refractivity contribution in [2.75, 3.05) is 44.6 Å². The van der Waals surface area contributed by atoms with Crippen molar-refractivity contribution >= 4 is 23.5 Å². The summed E-state index contributed by atoms with van der Waals surface area (Å²) in [7, 11) is 0. The molecule has 0 spiro atoms. The summed E-state index contributed by atoms with van der Waals surface area (Å²) in [4.78, 5) is 42.3. The lowest BCUT2D eigenvalue weighted by Crippen LogP contribution is -2.53. The molecule has 4 rings (SSSR count). The van der Waals surface area contributed by atoms with Gasteiger partial charge in [0.2, 0.25) is 5.91 Å². The zero-order valence-corrected chi connectivity index (χ0v) is 24.1. The maximum Gasteiger partial charge on any atom is 0.430 e. The lowest BCUT2D eigenvalue weighted by Gasteiger charge is -2.35. The van der Waals surface area contributed by atoms with E-state index in [9.17, 15) is 50.2 Å². The topological polar surface area (TPSA) is 105 Å². The van der Waals surface area contributed by atoms with Crippen LogP contribution in [0.2, 0.25) is 0 Å². The number of aliphatic hydroxyl groups is 1. The molecule has 2 heterocycles. The van der Waals surface area contributed by atoms with E-state index >= 15 is 0 Å². The van der Waals surface area contributed by atoms with Gasteiger partial charge in [0.1, 0.15) is 5.82 Å². The number of nitrogens with zero attached hydrogens (tertiary/aromatic N) is 3. The predicted octanol–water partition coefficient (Wildman–Crippen LogP) is 4.23. The minimum absolute atomic E-state index is 0.0425. The van der Waals surface area contributed by atoms with Crippen molar-refractivity contribution in [3.05, 3.63) is 65.0 Å². The molecule has 2 aromatic carbocycles. The summed E-state index contributed by atoms with van der Waals surface area (Å²) in [6.45, 7) is 4.14. The number of piperazine rings is 1. The highest BCUT2D eigenvalue weighted by Crippen LogP contribution is 2.50. The molecule has 2 aliphatic rings. The Morgan fingerprint density at radius 3 is 2.13 bits per heavy atom. The van der Waals surface area contributed by atoms with Gasteiger partial charge in [0.15, 0.2) is 0 Å². The minimum Gasteiger partial charge on any atom is -0.369 e. The van der Waals surface area contributed by atoms with Crippen molar-refractivity contribution in [3.63, 3.8) is 0 Å². The highest BCUT2D eigenvalue weighted by atomic mass is 19.4. The molecule has 0 aromatic heterocycles. The van der Waals surface area contributed by atoms with E-state index in [2.05, 4.69) is 10.6 Å². The van der Waals surface area contributed by atoms with Gasteiger partial charge >= 0.3 is 18.4 Å². The highest BCUT2D eigenvalue weighted by Gasteiger charge is 2.71. The van der Waals surface area contributed by atoms with Crippen LogP contribution in [0.4, 0.5) is 41.2 Å². The van der Waals surface area contributed by atoms with Crippen LogP contribution in [0.5, 0.6) is 0 Å². The summed E-state index contributed by atoms with van der Waals surface area (Å²) in [5, 5.41) is 14.6. The molecule has 0 bridgehead atoms. The van der Waals surface area contributed by atoms with E-state index in [4.69, 9.17) is 0 Å². The molecular formula is C29H32F7N5O4. The normalized spacial score (nSPS) is 18.3. The zero-order valence-electron chi connectivity index (χ0n) is 24.1. The van der Waals surface area contributed by atoms with E-state index in [1.807, 2.05) is 11.8 Å². The number of benzene rings is 2. The van der Waals surface area contributed by atoms with E-state index in [0.29, 0.717) is 43.9 Å². The number of rotatable bonds is 8. The summed E-state index contributed by atoms with van der Waals surface area (Å²) >= 11 is 0. The fourth-order valence-corrected chi connectivity index (χ4v) is 5.34. The number of amides is 4. The van der Waals surface area contributed by atoms with Crippen LogP contribution in [0.3, 0.4) is 0 Å². The summed E-state index contributed by atoms with van der Waals surface area (Å²) in [5.41, 5.74) is -6.06. The van der Waals surface area contributed by atoms with E-state index < -0.39 is 47.3 Å². The average Bonchev–Trinajstić information content (AvgIpc) is 3.31.